The van der Waals surface area contributed by atoms with E-state index in [4.69, 9.17) is 0 Å². The highest BCUT2D eigenvalue weighted by atomic mass is 79.9. The van der Waals surface area contributed by atoms with Crippen molar-refractivity contribution in [3.05, 3.63) is 80.0 Å². The second kappa shape index (κ2) is 9.53. The molecule has 0 spiro atoms. The van der Waals surface area contributed by atoms with Crippen LogP contribution in [-0.2, 0) is 21.2 Å². The number of halogens is 2. The molecule has 0 unspecified atom stereocenters. The number of rotatable bonds is 7. The van der Waals surface area contributed by atoms with Crippen LogP contribution in [0.4, 0.5) is 5.69 Å². The Morgan fingerprint density at radius 2 is 1.79 bits per heavy atom. The normalized spacial score (nSPS) is 12.5. The topological polar surface area (TPSA) is 75.3 Å². The van der Waals surface area contributed by atoms with Crippen molar-refractivity contribution in [1.82, 2.24) is 4.72 Å². The minimum atomic E-state index is -3.84. The SMILES string of the molecule is Cc1cc(Br)ccc1NC(=O)[C@@H](Cc1ccccc1)NS(=O)(=O)c1ccc(Br)s1. The maximum Gasteiger partial charge on any atom is 0.250 e. The van der Waals surface area contributed by atoms with Crippen molar-refractivity contribution in [1.29, 1.82) is 0 Å². The Kier molecular flexibility index (Phi) is 7.28. The Bertz CT molecular complexity index is 1120. The Labute approximate surface area is 190 Å². The van der Waals surface area contributed by atoms with Gasteiger partial charge in [-0.25, -0.2) is 8.42 Å². The predicted octanol–water partition coefficient (Wildman–Crippen LogP) is 5.11. The van der Waals surface area contributed by atoms with E-state index >= 15 is 0 Å². The molecule has 29 heavy (non-hydrogen) atoms. The van der Waals surface area contributed by atoms with E-state index in [1.165, 1.54) is 6.07 Å². The van der Waals surface area contributed by atoms with Crippen LogP contribution in [0.25, 0.3) is 0 Å². The number of aryl methyl sites for hydroxylation is 1. The minimum Gasteiger partial charge on any atom is -0.324 e. The Balaban J connectivity index is 1.86. The summed E-state index contributed by atoms with van der Waals surface area (Å²) in [7, 11) is -3.84. The van der Waals surface area contributed by atoms with Crippen LogP contribution in [0.2, 0.25) is 0 Å². The molecule has 1 atom stereocenters. The summed E-state index contributed by atoms with van der Waals surface area (Å²) < 4.78 is 29.9. The summed E-state index contributed by atoms with van der Waals surface area (Å²) in [5, 5.41) is 2.84. The molecule has 1 amide bonds. The van der Waals surface area contributed by atoms with Crippen molar-refractivity contribution >= 4 is 64.8 Å². The average Bonchev–Trinajstić information content (AvgIpc) is 3.11. The lowest BCUT2D eigenvalue weighted by atomic mass is 10.1. The van der Waals surface area contributed by atoms with E-state index in [2.05, 4.69) is 41.9 Å². The first-order valence-corrected chi connectivity index (χ1v) is 12.5. The van der Waals surface area contributed by atoms with E-state index in [0.717, 1.165) is 26.9 Å². The van der Waals surface area contributed by atoms with Crippen LogP contribution in [0.3, 0.4) is 0 Å². The predicted molar refractivity (Wildman–Crippen MR) is 124 cm³/mol. The van der Waals surface area contributed by atoms with E-state index in [1.807, 2.05) is 49.4 Å². The number of hydrogen-bond acceptors (Lipinski definition) is 4. The van der Waals surface area contributed by atoms with Crippen LogP contribution in [-0.4, -0.2) is 20.4 Å². The number of thiophene rings is 1. The summed E-state index contributed by atoms with van der Waals surface area (Å²) in [6, 6.07) is 17.0. The molecule has 3 rings (SSSR count). The number of anilines is 1. The quantitative estimate of drug-likeness (QED) is 0.424. The lowest BCUT2D eigenvalue weighted by molar-refractivity contribution is -0.117. The zero-order chi connectivity index (χ0) is 21.0. The van der Waals surface area contributed by atoms with Gasteiger partial charge < -0.3 is 5.32 Å². The summed E-state index contributed by atoms with van der Waals surface area (Å²) in [4.78, 5) is 13.0. The molecular weight excluding hydrogens is 540 g/mol. The van der Waals surface area contributed by atoms with Crippen LogP contribution in [0.1, 0.15) is 11.1 Å². The standard InChI is InChI=1S/C20H18Br2N2O3S2/c1-13-11-15(21)7-8-16(13)23-20(25)17(12-14-5-3-2-4-6-14)24-29(26,27)19-10-9-18(22)28-19/h2-11,17,24H,12H2,1H3,(H,23,25)/t17-/m1/s1. The Morgan fingerprint density at radius 3 is 2.41 bits per heavy atom. The minimum absolute atomic E-state index is 0.148. The zero-order valence-corrected chi connectivity index (χ0v) is 20.2. The Morgan fingerprint density at radius 1 is 1.07 bits per heavy atom. The Hall–Kier alpha value is -1.52. The van der Waals surface area contributed by atoms with Crippen molar-refractivity contribution in [2.24, 2.45) is 0 Å². The summed E-state index contributed by atoms with van der Waals surface area (Å²) >= 11 is 7.76. The van der Waals surface area contributed by atoms with Gasteiger partial charge in [0.2, 0.25) is 5.91 Å². The van der Waals surface area contributed by atoms with Gasteiger partial charge >= 0.3 is 0 Å². The summed E-state index contributed by atoms with van der Waals surface area (Å²) in [6.07, 6.45) is 0.230. The van der Waals surface area contributed by atoms with Gasteiger partial charge in [-0.2, -0.15) is 4.72 Å². The van der Waals surface area contributed by atoms with Crippen LogP contribution in [0, 0.1) is 6.92 Å². The van der Waals surface area contributed by atoms with Crippen molar-refractivity contribution in [2.45, 2.75) is 23.6 Å². The molecule has 0 saturated heterocycles. The molecule has 0 saturated carbocycles. The third-order valence-electron chi connectivity index (χ3n) is 4.16. The van der Waals surface area contributed by atoms with Crippen LogP contribution >= 0.6 is 43.2 Å². The third-order valence-corrected chi connectivity index (χ3v) is 8.24. The van der Waals surface area contributed by atoms with E-state index < -0.39 is 22.0 Å². The van der Waals surface area contributed by atoms with Crippen LogP contribution in [0.5, 0.6) is 0 Å². The van der Waals surface area contributed by atoms with Gasteiger partial charge in [-0.05, 0) is 70.7 Å². The molecule has 0 aliphatic rings. The fraction of sp³-hybridized carbons (Fsp3) is 0.150. The summed E-state index contributed by atoms with van der Waals surface area (Å²) in [6.45, 7) is 1.87. The third kappa shape index (κ3) is 5.99. The molecule has 1 heterocycles. The number of hydrogen-bond donors (Lipinski definition) is 2. The van der Waals surface area contributed by atoms with Gasteiger partial charge in [-0.1, -0.05) is 46.3 Å². The highest BCUT2D eigenvalue weighted by Crippen LogP contribution is 2.26. The lowest BCUT2D eigenvalue weighted by Crippen LogP contribution is -2.45. The van der Waals surface area contributed by atoms with Crippen molar-refractivity contribution in [3.8, 4) is 0 Å². The second-order valence-corrected chi connectivity index (χ2v) is 11.7. The first-order chi connectivity index (χ1) is 13.7. The maximum absolute atomic E-state index is 13.0. The second-order valence-electron chi connectivity index (χ2n) is 6.37. The number of nitrogens with one attached hydrogen (secondary N) is 2. The monoisotopic (exact) mass is 556 g/mol. The lowest BCUT2D eigenvalue weighted by Gasteiger charge is -2.19. The number of sulfonamides is 1. The number of amides is 1. The van der Waals surface area contributed by atoms with Crippen LogP contribution in [0.15, 0.2) is 73.1 Å². The van der Waals surface area contributed by atoms with E-state index in [1.54, 1.807) is 12.1 Å². The summed E-state index contributed by atoms with van der Waals surface area (Å²) in [5.74, 6) is -0.418. The molecular formula is C20H18Br2N2O3S2. The van der Waals surface area contributed by atoms with Gasteiger partial charge in [-0.15, -0.1) is 11.3 Å². The van der Waals surface area contributed by atoms with Gasteiger partial charge in [0.25, 0.3) is 10.0 Å². The van der Waals surface area contributed by atoms with Gasteiger partial charge in [0, 0.05) is 10.2 Å². The van der Waals surface area contributed by atoms with Gasteiger partial charge in [0.1, 0.15) is 10.3 Å². The van der Waals surface area contributed by atoms with Crippen molar-refractivity contribution in [3.63, 3.8) is 0 Å². The molecule has 0 aliphatic heterocycles. The zero-order valence-electron chi connectivity index (χ0n) is 15.4. The summed E-state index contributed by atoms with van der Waals surface area (Å²) in [5.41, 5.74) is 2.36. The van der Waals surface area contributed by atoms with Gasteiger partial charge in [-0.3, -0.25) is 4.79 Å². The fourth-order valence-electron chi connectivity index (χ4n) is 2.71. The van der Waals surface area contributed by atoms with E-state index in [0.29, 0.717) is 9.47 Å². The molecule has 3 aromatic rings. The molecule has 2 N–H and O–H groups in total. The number of carbonyl (C=O) groups excluding carboxylic acids is 1. The molecule has 0 aliphatic carbocycles. The highest BCUT2D eigenvalue weighted by molar-refractivity contribution is 9.11. The molecule has 152 valence electrons. The number of benzene rings is 2. The fourth-order valence-corrected chi connectivity index (χ4v) is 6.41. The van der Waals surface area contributed by atoms with Crippen LogP contribution < -0.4 is 10.0 Å². The highest BCUT2D eigenvalue weighted by Gasteiger charge is 2.27. The van der Waals surface area contributed by atoms with E-state index in [9.17, 15) is 13.2 Å². The largest absolute Gasteiger partial charge is 0.324 e. The van der Waals surface area contributed by atoms with Crippen molar-refractivity contribution < 1.29 is 13.2 Å². The molecule has 2 aromatic carbocycles. The maximum atomic E-state index is 13.0. The molecule has 0 radical (unpaired) electrons. The van der Waals surface area contributed by atoms with Gasteiger partial charge in [0.05, 0.1) is 3.79 Å². The molecule has 1 aromatic heterocycles. The first kappa shape index (κ1) is 22.2. The number of carbonyl (C=O) groups is 1. The van der Waals surface area contributed by atoms with Gasteiger partial charge in [0.15, 0.2) is 0 Å². The smallest absolute Gasteiger partial charge is 0.250 e. The van der Waals surface area contributed by atoms with Crippen molar-refractivity contribution in [2.75, 3.05) is 5.32 Å². The molecule has 9 heteroatoms. The molecule has 0 bridgehead atoms. The van der Waals surface area contributed by atoms with E-state index in [-0.39, 0.29) is 10.6 Å². The molecule has 0 fully saturated rings. The average molecular weight is 558 g/mol. The first-order valence-electron chi connectivity index (χ1n) is 8.63. The molecule has 5 nitrogen and oxygen atoms in total.